The van der Waals surface area contributed by atoms with Crippen LogP contribution >= 0.6 is 28.3 Å². The van der Waals surface area contributed by atoms with Gasteiger partial charge in [0.15, 0.2) is 0 Å². The molecule has 0 saturated carbocycles. The molecule has 0 aromatic heterocycles. The Kier molecular flexibility index (Phi) is 7.23. The van der Waals surface area contributed by atoms with E-state index < -0.39 is 0 Å². The van der Waals surface area contributed by atoms with E-state index in [0.29, 0.717) is 5.56 Å². The van der Waals surface area contributed by atoms with Gasteiger partial charge in [-0.05, 0) is 48.2 Å². The number of anilines is 2. The Bertz CT molecular complexity index is 1050. The van der Waals surface area contributed by atoms with Gasteiger partial charge in [-0.2, -0.15) is 0 Å². The first-order valence-corrected chi connectivity index (χ1v) is 10.5. The molecule has 0 aliphatic carbocycles. The van der Waals surface area contributed by atoms with Crippen LogP contribution in [0.2, 0.25) is 0 Å². The third-order valence-corrected chi connectivity index (χ3v) is 6.09. The van der Waals surface area contributed by atoms with Crippen molar-refractivity contribution >= 4 is 56.4 Å². The summed E-state index contributed by atoms with van der Waals surface area (Å²) < 4.78 is 6.55. The zero-order valence-electron chi connectivity index (χ0n) is 17.0. The molecule has 3 aromatic carbocycles. The van der Waals surface area contributed by atoms with Crippen molar-refractivity contribution in [1.82, 2.24) is 4.90 Å². The Hall–Kier alpha value is -2.28. The lowest BCUT2D eigenvalue weighted by Gasteiger charge is -2.35. The van der Waals surface area contributed by atoms with Gasteiger partial charge in [0, 0.05) is 41.9 Å². The van der Waals surface area contributed by atoms with Crippen molar-refractivity contribution in [3.05, 3.63) is 64.6 Å². The molecule has 0 atom stereocenters. The number of nitrogens with one attached hydrogen (secondary N) is 1. The Morgan fingerprint density at radius 3 is 2.43 bits per heavy atom. The van der Waals surface area contributed by atoms with Gasteiger partial charge in [0.2, 0.25) is 0 Å². The summed E-state index contributed by atoms with van der Waals surface area (Å²) >= 11 is 3.57. The van der Waals surface area contributed by atoms with Crippen molar-refractivity contribution in [3.8, 4) is 5.75 Å². The van der Waals surface area contributed by atoms with Crippen molar-refractivity contribution in [2.45, 2.75) is 0 Å². The zero-order chi connectivity index (χ0) is 20.4. The van der Waals surface area contributed by atoms with Crippen LogP contribution in [-0.4, -0.2) is 51.1 Å². The fourth-order valence-electron chi connectivity index (χ4n) is 3.73. The van der Waals surface area contributed by atoms with Crippen LogP contribution in [-0.2, 0) is 0 Å². The minimum Gasteiger partial charge on any atom is -0.495 e. The van der Waals surface area contributed by atoms with Crippen LogP contribution in [0.15, 0.2) is 59.1 Å². The lowest BCUT2D eigenvalue weighted by molar-refractivity contribution is 0.102. The van der Waals surface area contributed by atoms with Gasteiger partial charge < -0.3 is 19.9 Å². The van der Waals surface area contributed by atoms with Gasteiger partial charge in [-0.3, -0.25) is 4.79 Å². The standard InChI is InChI=1S/C23H24BrN3O2.ClH/c1-26-11-13-27(14-12-26)21-15-16(9-10-22(21)29-2)25-23(28)19-7-3-6-18-17(19)5-4-8-20(18)24;/h3-10,15H,11-14H2,1-2H3,(H,25,28);1H. The minimum absolute atomic E-state index is 0. The first kappa shape index (κ1) is 22.4. The van der Waals surface area contributed by atoms with Crippen molar-refractivity contribution in [2.24, 2.45) is 0 Å². The van der Waals surface area contributed by atoms with Crippen molar-refractivity contribution in [1.29, 1.82) is 0 Å². The van der Waals surface area contributed by atoms with Gasteiger partial charge in [0.05, 0.1) is 12.8 Å². The summed E-state index contributed by atoms with van der Waals surface area (Å²) in [5.41, 5.74) is 2.43. The normalized spacial score (nSPS) is 14.3. The summed E-state index contributed by atoms with van der Waals surface area (Å²) in [4.78, 5) is 17.7. The maximum atomic E-state index is 13.0. The SMILES string of the molecule is COc1ccc(NC(=O)c2cccc3c(Br)cccc23)cc1N1CCN(C)CC1.Cl. The summed E-state index contributed by atoms with van der Waals surface area (Å²) in [5, 5.41) is 5.01. The van der Waals surface area contributed by atoms with E-state index in [1.165, 1.54) is 0 Å². The Balaban J connectivity index is 0.00000256. The zero-order valence-corrected chi connectivity index (χ0v) is 19.4. The predicted molar refractivity (Wildman–Crippen MR) is 130 cm³/mol. The number of hydrogen-bond donors (Lipinski definition) is 1. The fraction of sp³-hybridized carbons (Fsp3) is 0.261. The second kappa shape index (κ2) is 9.69. The summed E-state index contributed by atoms with van der Waals surface area (Å²) in [7, 11) is 3.81. The quantitative estimate of drug-likeness (QED) is 0.557. The highest BCUT2D eigenvalue weighted by molar-refractivity contribution is 9.10. The van der Waals surface area contributed by atoms with Crippen molar-refractivity contribution in [3.63, 3.8) is 0 Å². The number of carbonyl (C=O) groups excluding carboxylic acids is 1. The number of likely N-dealkylation sites (N-methyl/N-ethyl adjacent to an activating group) is 1. The monoisotopic (exact) mass is 489 g/mol. The summed E-state index contributed by atoms with van der Waals surface area (Å²) in [6, 6.07) is 17.5. The van der Waals surface area contributed by atoms with Crippen LogP contribution in [0.3, 0.4) is 0 Å². The molecule has 0 radical (unpaired) electrons. The van der Waals surface area contributed by atoms with Crippen LogP contribution in [0.4, 0.5) is 11.4 Å². The van der Waals surface area contributed by atoms with Gasteiger partial charge in [0.25, 0.3) is 5.91 Å². The molecular weight excluding hydrogens is 466 g/mol. The third-order valence-electron chi connectivity index (χ3n) is 5.39. The van der Waals surface area contributed by atoms with E-state index in [0.717, 1.165) is 58.5 Å². The summed E-state index contributed by atoms with van der Waals surface area (Å²) in [6.07, 6.45) is 0. The van der Waals surface area contributed by atoms with Gasteiger partial charge in [-0.1, -0.05) is 40.2 Å². The van der Waals surface area contributed by atoms with Crippen LogP contribution in [0.1, 0.15) is 10.4 Å². The first-order valence-electron chi connectivity index (χ1n) is 9.67. The van der Waals surface area contributed by atoms with Crippen LogP contribution in [0.5, 0.6) is 5.75 Å². The predicted octanol–water partition coefficient (Wildman–Crippen LogP) is 5.04. The summed E-state index contributed by atoms with van der Waals surface area (Å²) in [5.74, 6) is 0.699. The Morgan fingerprint density at radius 2 is 1.70 bits per heavy atom. The summed E-state index contributed by atoms with van der Waals surface area (Å²) in [6.45, 7) is 3.87. The molecule has 1 aliphatic rings. The number of piperazine rings is 1. The molecule has 1 heterocycles. The molecule has 30 heavy (non-hydrogen) atoms. The average molecular weight is 491 g/mol. The van der Waals surface area contributed by atoms with Gasteiger partial charge >= 0.3 is 0 Å². The number of halogens is 2. The van der Waals surface area contributed by atoms with E-state index in [1.807, 2.05) is 54.6 Å². The van der Waals surface area contributed by atoms with E-state index in [1.54, 1.807) is 7.11 Å². The molecular formula is C23H25BrClN3O2. The number of fused-ring (bicyclic) bond motifs is 1. The molecule has 1 amide bonds. The molecule has 4 rings (SSSR count). The topological polar surface area (TPSA) is 44.8 Å². The molecule has 158 valence electrons. The van der Waals surface area contributed by atoms with E-state index >= 15 is 0 Å². The van der Waals surface area contributed by atoms with E-state index in [-0.39, 0.29) is 18.3 Å². The molecule has 0 bridgehead atoms. The number of carbonyl (C=O) groups is 1. The van der Waals surface area contributed by atoms with E-state index in [4.69, 9.17) is 4.74 Å². The molecule has 1 fully saturated rings. The van der Waals surface area contributed by atoms with E-state index in [9.17, 15) is 4.79 Å². The second-order valence-corrected chi connectivity index (χ2v) is 8.13. The largest absolute Gasteiger partial charge is 0.495 e. The van der Waals surface area contributed by atoms with Crippen LogP contribution in [0, 0.1) is 0 Å². The maximum absolute atomic E-state index is 13.0. The molecule has 0 unspecified atom stereocenters. The maximum Gasteiger partial charge on any atom is 0.256 e. The van der Waals surface area contributed by atoms with Gasteiger partial charge in [-0.25, -0.2) is 0 Å². The third kappa shape index (κ3) is 4.56. The van der Waals surface area contributed by atoms with Crippen molar-refractivity contribution < 1.29 is 9.53 Å². The van der Waals surface area contributed by atoms with Gasteiger partial charge in [-0.15, -0.1) is 12.4 Å². The molecule has 5 nitrogen and oxygen atoms in total. The number of methoxy groups -OCH3 is 1. The number of ether oxygens (including phenoxy) is 1. The Labute approximate surface area is 191 Å². The van der Waals surface area contributed by atoms with E-state index in [2.05, 4.69) is 38.1 Å². The first-order chi connectivity index (χ1) is 14.1. The molecule has 1 N–H and O–H groups in total. The van der Waals surface area contributed by atoms with Crippen molar-refractivity contribution in [2.75, 3.05) is 50.6 Å². The molecule has 1 saturated heterocycles. The smallest absolute Gasteiger partial charge is 0.256 e. The lowest BCUT2D eigenvalue weighted by Crippen LogP contribution is -2.44. The van der Waals surface area contributed by atoms with Crippen LogP contribution in [0.25, 0.3) is 10.8 Å². The number of nitrogens with zero attached hydrogens (tertiary/aromatic N) is 2. The second-order valence-electron chi connectivity index (χ2n) is 7.27. The number of hydrogen-bond acceptors (Lipinski definition) is 4. The highest BCUT2D eigenvalue weighted by Crippen LogP contribution is 2.33. The number of amides is 1. The van der Waals surface area contributed by atoms with Gasteiger partial charge in [0.1, 0.15) is 5.75 Å². The number of benzene rings is 3. The Morgan fingerprint density at radius 1 is 1.00 bits per heavy atom. The molecule has 7 heteroatoms. The minimum atomic E-state index is -0.122. The highest BCUT2D eigenvalue weighted by Gasteiger charge is 2.19. The number of rotatable bonds is 4. The molecule has 3 aromatic rings. The van der Waals surface area contributed by atoms with Crippen LogP contribution < -0.4 is 15.0 Å². The molecule has 1 aliphatic heterocycles. The highest BCUT2D eigenvalue weighted by atomic mass is 79.9. The lowest BCUT2D eigenvalue weighted by atomic mass is 10.0. The average Bonchev–Trinajstić information content (AvgIpc) is 2.74. The molecule has 0 spiro atoms. The fourth-order valence-corrected chi connectivity index (χ4v) is 4.23.